The molecule has 5 heteroatoms. The summed E-state index contributed by atoms with van der Waals surface area (Å²) in [5.74, 6) is -0.335. The fourth-order valence-electron chi connectivity index (χ4n) is 3.95. The van der Waals surface area contributed by atoms with Crippen LogP contribution in [0.25, 0.3) is 22.8 Å². The van der Waals surface area contributed by atoms with Gasteiger partial charge in [-0.25, -0.2) is 0 Å². The van der Waals surface area contributed by atoms with E-state index < -0.39 is 0 Å². The number of benzene rings is 4. The molecule has 0 radical (unpaired) electrons. The summed E-state index contributed by atoms with van der Waals surface area (Å²) in [5, 5.41) is 5.93. The Hall–Kier alpha value is -4.64. The highest BCUT2D eigenvalue weighted by atomic mass is 16.2. The summed E-state index contributed by atoms with van der Waals surface area (Å²) in [6.07, 6.45) is 3.90. The Morgan fingerprint density at radius 3 is 2.00 bits per heavy atom. The minimum absolute atomic E-state index is 0.0914. The van der Waals surface area contributed by atoms with Crippen molar-refractivity contribution in [1.82, 2.24) is 5.32 Å². The minimum Gasteiger partial charge on any atom is -0.397 e. The highest BCUT2D eigenvalue weighted by molar-refractivity contribution is 6.24. The minimum atomic E-state index is -0.244. The molecule has 1 fully saturated rings. The first kappa shape index (κ1) is 23.1. The number of carbonyl (C=O) groups excluding carboxylic acids is 2. The van der Waals surface area contributed by atoms with Gasteiger partial charge in [-0.3, -0.25) is 9.59 Å². The Kier molecular flexibility index (Phi) is 6.63. The Balaban J connectivity index is 1.39. The van der Waals surface area contributed by atoms with Gasteiger partial charge in [0.2, 0.25) is 0 Å². The number of nitrogens with one attached hydrogen (secondary N) is 2. The summed E-state index contributed by atoms with van der Waals surface area (Å²) in [5.41, 5.74) is 12.0. The van der Waals surface area contributed by atoms with E-state index in [2.05, 4.69) is 22.8 Å². The molecular formula is C31H27N3O2. The molecule has 5 nitrogen and oxygen atoms in total. The number of hydrogen-bond donors (Lipinski definition) is 3. The van der Waals surface area contributed by atoms with Crippen LogP contribution in [0.15, 0.2) is 103 Å². The fourth-order valence-corrected chi connectivity index (χ4v) is 3.95. The van der Waals surface area contributed by atoms with Crippen LogP contribution in [0.4, 0.5) is 11.4 Å². The number of nitrogens with two attached hydrogens (primary N) is 1. The van der Waals surface area contributed by atoms with E-state index in [1.165, 1.54) is 0 Å². The standard InChI is InChI=1S/C31H27N3O2/c32-28-8-4-5-9-29(28)34-30(35)25-12-10-21(11-13-25)20-27(31(36)33-26-18-19-26)24-16-14-23(15-17-24)22-6-2-1-3-7-22/h1-17,20,26H,18-19,32H2,(H,33,36)(H,34,35). The molecule has 0 aromatic heterocycles. The van der Waals surface area contributed by atoms with Crippen LogP contribution in [-0.4, -0.2) is 17.9 Å². The lowest BCUT2D eigenvalue weighted by Gasteiger charge is -2.11. The lowest BCUT2D eigenvalue weighted by molar-refractivity contribution is -0.115. The van der Waals surface area contributed by atoms with E-state index in [9.17, 15) is 9.59 Å². The highest BCUT2D eigenvalue weighted by Gasteiger charge is 2.25. The fraction of sp³-hybridized carbons (Fsp3) is 0.0968. The molecule has 0 aliphatic heterocycles. The molecule has 2 amide bonds. The maximum Gasteiger partial charge on any atom is 0.255 e. The molecule has 0 atom stereocenters. The molecule has 4 aromatic carbocycles. The molecular weight excluding hydrogens is 446 g/mol. The van der Waals surface area contributed by atoms with Gasteiger partial charge in [0.05, 0.1) is 11.4 Å². The van der Waals surface area contributed by atoms with Crippen molar-refractivity contribution < 1.29 is 9.59 Å². The van der Waals surface area contributed by atoms with Gasteiger partial charge in [-0.15, -0.1) is 0 Å². The lowest BCUT2D eigenvalue weighted by atomic mass is 9.98. The van der Waals surface area contributed by atoms with Gasteiger partial charge in [-0.1, -0.05) is 78.9 Å². The number of nitrogen functional groups attached to an aromatic ring is 1. The van der Waals surface area contributed by atoms with Crippen LogP contribution in [0.1, 0.15) is 34.3 Å². The number of para-hydroxylation sites is 2. The second kappa shape index (κ2) is 10.3. The molecule has 0 heterocycles. The number of anilines is 2. The third kappa shape index (κ3) is 5.53. The Morgan fingerprint density at radius 1 is 0.722 bits per heavy atom. The number of amides is 2. The van der Waals surface area contributed by atoms with Crippen molar-refractivity contribution in [3.63, 3.8) is 0 Å². The summed E-state index contributed by atoms with van der Waals surface area (Å²) >= 11 is 0. The highest BCUT2D eigenvalue weighted by Crippen LogP contribution is 2.26. The summed E-state index contributed by atoms with van der Waals surface area (Å²) in [4.78, 5) is 25.8. The van der Waals surface area contributed by atoms with Crippen LogP contribution in [0, 0.1) is 0 Å². The summed E-state index contributed by atoms with van der Waals surface area (Å²) in [7, 11) is 0. The summed E-state index contributed by atoms with van der Waals surface area (Å²) in [6, 6.07) is 32.7. The van der Waals surface area contributed by atoms with E-state index in [1.807, 2.05) is 72.8 Å². The van der Waals surface area contributed by atoms with Gasteiger partial charge in [-0.2, -0.15) is 0 Å². The van der Waals surface area contributed by atoms with Crippen LogP contribution in [-0.2, 0) is 4.79 Å². The molecule has 0 saturated heterocycles. The molecule has 5 rings (SSSR count). The molecule has 1 aliphatic carbocycles. The van der Waals surface area contributed by atoms with Crippen LogP contribution in [0.5, 0.6) is 0 Å². The van der Waals surface area contributed by atoms with Gasteiger partial charge < -0.3 is 16.4 Å². The normalized spacial score (nSPS) is 13.2. The molecule has 0 unspecified atom stereocenters. The van der Waals surface area contributed by atoms with Gasteiger partial charge in [-0.05, 0) is 65.4 Å². The second-order valence-electron chi connectivity index (χ2n) is 8.91. The summed E-state index contributed by atoms with van der Waals surface area (Å²) in [6.45, 7) is 0. The Bertz CT molecular complexity index is 1400. The van der Waals surface area contributed by atoms with Gasteiger partial charge in [0.1, 0.15) is 0 Å². The SMILES string of the molecule is Nc1ccccc1NC(=O)c1ccc(C=C(C(=O)NC2CC2)c2ccc(-c3ccccc3)cc2)cc1. The second-order valence-corrected chi connectivity index (χ2v) is 8.91. The van der Waals surface area contributed by atoms with Crippen molar-refractivity contribution in [2.24, 2.45) is 0 Å². The maximum atomic E-state index is 13.1. The summed E-state index contributed by atoms with van der Waals surface area (Å²) < 4.78 is 0. The van der Waals surface area contributed by atoms with Crippen LogP contribution >= 0.6 is 0 Å². The van der Waals surface area contributed by atoms with E-state index in [1.54, 1.807) is 24.3 Å². The lowest BCUT2D eigenvalue weighted by Crippen LogP contribution is -2.26. The zero-order valence-corrected chi connectivity index (χ0v) is 19.8. The molecule has 4 N–H and O–H groups in total. The predicted molar refractivity (Wildman–Crippen MR) is 146 cm³/mol. The number of rotatable bonds is 7. The Labute approximate surface area is 210 Å². The molecule has 178 valence electrons. The molecule has 1 saturated carbocycles. The van der Waals surface area contributed by atoms with Crippen LogP contribution in [0.3, 0.4) is 0 Å². The van der Waals surface area contributed by atoms with E-state index in [0.29, 0.717) is 22.5 Å². The predicted octanol–water partition coefficient (Wildman–Crippen LogP) is 6.01. The van der Waals surface area contributed by atoms with Gasteiger partial charge >= 0.3 is 0 Å². The maximum absolute atomic E-state index is 13.1. The third-order valence-corrected chi connectivity index (χ3v) is 6.15. The topological polar surface area (TPSA) is 84.2 Å². The molecule has 0 bridgehead atoms. The zero-order chi connectivity index (χ0) is 24.9. The zero-order valence-electron chi connectivity index (χ0n) is 19.8. The smallest absolute Gasteiger partial charge is 0.255 e. The average molecular weight is 474 g/mol. The quantitative estimate of drug-likeness (QED) is 0.175. The van der Waals surface area contributed by atoms with Crippen molar-refractivity contribution in [3.8, 4) is 11.1 Å². The third-order valence-electron chi connectivity index (χ3n) is 6.15. The van der Waals surface area contributed by atoms with Gasteiger partial charge in [0.15, 0.2) is 0 Å². The van der Waals surface area contributed by atoms with Crippen molar-refractivity contribution in [2.75, 3.05) is 11.1 Å². The monoisotopic (exact) mass is 473 g/mol. The molecule has 0 spiro atoms. The van der Waals surface area contributed by atoms with Crippen LogP contribution in [0.2, 0.25) is 0 Å². The number of carbonyl (C=O) groups is 2. The Morgan fingerprint density at radius 2 is 1.33 bits per heavy atom. The van der Waals surface area contributed by atoms with E-state index in [-0.39, 0.29) is 17.9 Å². The van der Waals surface area contributed by atoms with Crippen molar-refractivity contribution in [2.45, 2.75) is 18.9 Å². The molecule has 4 aromatic rings. The molecule has 1 aliphatic rings. The van der Waals surface area contributed by atoms with Gasteiger partial charge in [0.25, 0.3) is 11.8 Å². The van der Waals surface area contributed by atoms with Gasteiger partial charge in [0, 0.05) is 17.2 Å². The van der Waals surface area contributed by atoms with Crippen LogP contribution < -0.4 is 16.4 Å². The average Bonchev–Trinajstić information content (AvgIpc) is 3.73. The molecule has 36 heavy (non-hydrogen) atoms. The first-order valence-corrected chi connectivity index (χ1v) is 12.0. The van der Waals surface area contributed by atoms with E-state index in [4.69, 9.17) is 5.73 Å². The number of hydrogen-bond acceptors (Lipinski definition) is 3. The first-order valence-electron chi connectivity index (χ1n) is 12.0. The van der Waals surface area contributed by atoms with E-state index >= 15 is 0 Å². The van der Waals surface area contributed by atoms with Crippen molar-refractivity contribution in [1.29, 1.82) is 0 Å². The van der Waals surface area contributed by atoms with Crippen molar-refractivity contribution >= 4 is 34.8 Å². The largest absolute Gasteiger partial charge is 0.397 e. The first-order chi connectivity index (χ1) is 17.6. The van der Waals surface area contributed by atoms with E-state index in [0.717, 1.165) is 35.1 Å². The van der Waals surface area contributed by atoms with Crippen molar-refractivity contribution in [3.05, 3.63) is 120 Å².